The highest BCUT2D eigenvalue weighted by Gasteiger charge is 2.34. The Hall–Kier alpha value is -2.62. The van der Waals surface area contributed by atoms with Crippen LogP contribution in [0.15, 0.2) is 41.6 Å². The van der Waals surface area contributed by atoms with Crippen LogP contribution in [0.1, 0.15) is 5.69 Å². The van der Waals surface area contributed by atoms with Crippen LogP contribution in [-0.2, 0) is 15.8 Å². The summed E-state index contributed by atoms with van der Waals surface area (Å²) < 4.78 is 39.1. The van der Waals surface area contributed by atoms with Crippen LogP contribution in [0.3, 0.4) is 0 Å². The van der Waals surface area contributed by atoms with Gasteiger partial charge in [-0.25, -0.2) is 9.97 Å². The fourth-order valence-electron chi connectivity index (χ4n) is 1.74. The normalized spacial score (nSPS) is 11.5. The highest BCUT2D eigenvalue weighted by molar-refractivity contribution is 8.01. The maximum Gasteiger partial charge on any atom is 0.433 e. The quantitative estimate of drug-likeness (QED) is 0.480. The van der Waals surface area contributed by atoms with Gasteiger partial charge in [-0.3, -0.25) is 9.59 Å². The molecular formula is C14H11F3N4O2S. The highest BCUT2D eigenvalue weighted by Crippen LogP contribution is 2.32. The number of hydrogen-bond donors (Lipinski definition) is 2. The number of primary amides is 2. The second-order valence-electron chi connectivity index (χ2n) is 4.59. The lowest BCUT2D eigenvalue weighted by Crippen LogP contribution is -2.37. The molecule has 0 aliphatic heterocycles. The number of aromatic nitrogens is 2. The van der Waals surface area contributed by atoms with Crippen molar-refractivity contribution < 1.29 is 22.8 Å². The van der Waals surface area contributed by atoms with Gasteiger partial charge in [0.25, 0.3) is 0 Å². The maximum absolute atomic E-state index is 13.0. The van der Waals surface area contributed by atoms with Crippen LogP contribution in [0.2, 0.25) is 0 Å². The van der Waals surface area contributed by atoms with Gasteiger partial charge in [-0.1, -0.05) is 42.1 Å². The van der Waals surface area contributed by atoms with Crippen molar-refractivity contribution >= 4 is 23.6 Å². The SMILES string of the molecule is NC(=O)C(Sc1nc(-c2ccccc2)cc(C(F)(F)F)n1)C(N)=O. The summed E-state index contributed by atoms with van der Waals surface area (Å²) in [6, 6.07) is 8.87. The van der Waals surface area contributed by atoms with Crippen LogP contribution in [0.4, 0.5) is 13.2 Å². The monoisotopic (exact) mass is 356 g/mol. The molecule has 0 atom stereocenters. The lowest BCUT2D eigenvalue weighted by molar-refractivity contribution is -0.141. The Morgan fingerprint density at radius 1 is 1.04 bits per heavy atom. The van der Waals surface area contributed by atoms with Gasteiger partial charge in [0, 0.05) is 5.56 Å². The van der Waals surface area contributed by atoms with E-state index in [0.717, 1.165) is 6.07 Å². The largest absolute Gasteiger partial charge is 0.433 e. The Kier molecular flexibility index (Phi) is 5.07. The number of benzene rings is 1. The Labute approximate surface area is 138 Å². The van der Waals surface area contributed by atoms with Crippen molar-refractivity contribution in [2.24, 2.45) is 11.5 Å². The first kappa shape index (κ1) is 17.7. The molecule has 0 saturated heterocycles. The minimum absolute atomic E-state index is 0.00637. The fraction of sp³-hybridized carbons (Fsp3) is 0.143. The van der Waals surface area contributed by atoms with Gasteiger partial charge in [-0.15, -0.1) is 0 Å². The molecule has 2 amide bonds. The molecule has 4 N–H and O–H groups in total. The van der Waals surface area contributed by atoms with Crippen LogP contribution in [0.25, 0.3) is 11.3 Å². The minimum atomic E-state index is -4.73. The first-order valence-corrected chi connectivity index (χ1v) is 7.33. The molecule has 0 fully saturated rings. The third-order valence-electron chi connectivity index (χ3n) is 2.81. The number of carbonyl (C=O) groups is 2. The molecule has 1 aromatic carbocycles. The molecule has 0 radical (unpaired) electrons. The van der Waals surface area contributed by atoms with Crippen molar-refractivity contribution in [2.75, 3.05) is 0 Å². The maximum atomic E-state index is 13.0. The van der Waals surface area contributed by atoms with Crippen LogP contribution in [-0.4, -0.2) is 27.0 Å². The summed E-state index contributed by atoms with van der Waals surface area (Å²) >= 11 is 0.373. The second-order valence-corrected chi connectivity index (χ2v) is 5.66. The van der Waals surface area contributed by atoms with E-state index in [4.69, 9.17) is 11.5 Å². The Balaban J connectivity index is 2.51. The van der Waals surface area contributed by atoms with Crippen molar-refractivity contribution in [1.82, 2.24) is 9.97 Å². The summed E-state index contributed by atoms with van der Waals surface area (Å²) in [7, 11) is 0. The molecule has 0 aliphatic carbocycles. The molecule has 0 bridgehead atoms. The number of alkyl halides is 3. The lowest BCUT2D eigenvalue weighted by atomic mass is 10.1. The van der Waals surface area contributed by atoms with E-state index < -0.39 is 34.1 Å². The summed E-state index contributed by atoms with van der Waals surface area (Å²) in [5.74, 6) is -2.18. The van der Waals surface area contributed by atoms with Crippen molar-refractivity contribution in [3.63, 3.8) is 0 Å². The number of amides is 2. The Morgan fingerprint density at radius 2 is 1.62 bits per heavy atom. The fourth-order valence-corrected chi connectivity index (χ4v) is 2.49. The van der Waals surface area contributed by atoms with Crippen molar-refractivity contribution in [3.05, 3.63) is 42.1 Å². The molecule has 2 aromatic rings. The van der Waals surface area contributed by atoms with E-state index in [9.17, 15) is 22.8 Å². The van der Waals surface area contributed by atoms with Gasteiger partial charge in [-0.05, 0) is 6.07 Å². The molecule has 1 aromatic heterocycles. The van der Waals surface area contributed by atoms with Crippen molar-refractivity contribution in [2.45, 2.75) is 16.6 Å². The van der Waals surface area contributed by atoms with E-state index in [2.05, 4.69) is 9.97 Å². The average molecular weight is 356 g/mol. The molecule has 0 aliphatic rings. The zero-order chi connectivity index (χ0) is 17.9. The van der Waals surface area contributed by atoms with Crippen molar-refractivity contribution in [3.8, 4) is 11.3 Å². The third-order valence-corrected chi connectivity index (χ3v) is 3.90. The van der Waals surface area contributed by atoms with Gasteiger partial charge in [0.1, 0.15) is 5.69 Å². The number of rotatable bonds is 5. The van der Waals surface area contributed by atoms with E-state index in [1.165, 1.54) is 0 Å². The number of carbonyl (C=O) groups excluding carboxylic acids is 2. The minimum Gasteiger partial charge on any atom is -0.368 e. The van der Waals surface area contributed by atoms with Gasteiger partial charge in [-0.2, -0.15) is 13.2 Å². The zero-order valence-electron chi connectivity index (χ0n) is 11.9. The third kappa shape index (κ3) is 4.22. The van der Waals surface area contributed by atoms with E-state index >= 15 is 0 Å². The van der Waals surface area contributed by atoms with Gasteiger partial charge in [0.05, 0.1) is 5.69 Å². The van der Waals surface area contributed by atoms with E-state index in [-0.39, 0.29) is 5.69 Å². The first-order chi connectivity index (χ1) is 11.2. The smallest absolute Gasteiger partial charge is 0.368 e. The second kappa shape index (κ2) is 6.87. The predicted molar refractivity (Wildman–Crippen MR) is 80.5 cm³/mol. The van der Waals surface area contributed by atoms with Gasteiger partial charge in [0.2, 0.25) is 11.8 Å². The number of halogens is 3. The highest BCUT2D eigenvalue weighted by atomic mass is 32.2. The molecule has 126 valence electrons. The van der Waals surface area contributed by atoms with Gasteiger partial charge >= 0.3 is 6.18 Å². The first-order valence-electron chi connectivity index (χ1n) is 6.45. The topological polar surface area (TPSA) is 112 Å². The van der Waals surface area contributed by atoms with Crippen LogP contribution in [0, 0.1) is 0 Å². The number of hydrogen-bond acceptors (Lipinski definition) is 5. The Morgan fingerprint density at radius 3 is 2.12 bits per heavy atom. The number of nitrogens with zero attached hydrogens (tertiary/aromatic N) is 2. The average Bonchev–Trinajstić information content (AvgIpc) is 2.51. The summed E-state index contributed by atoms with van der Waals surface area (Å²) in [5.41, 5.74) is 9.25. The Bertz CT molecular complexity index is 754. The molecule has 6 nitrogen and oxygen atoms in total. The van der Waals surface area contributed by atoms with Crippen LogP contribution in [0.5, 0.6) is 0 Å². The molecule has 2 rings (SSSR count). The molecule has 0 unspecified atom stereocenters. The summed E-state index contributed by atoms with van der Waals surface area (Å²) in [6.45, 7) is 0. The molecule has 24 heavy (non-hydrogen) atoms. The summed E-state index contributed by atoms with van der Waals surface area (Å²) in [5, 5.41) is -2.00. The van der Waals surface area contributed by atoms with E-state index in [0.29, 0.717) is 17.3 Å². The standard InChI is InChI=1S/C14H11F3N4O2S/c15-14(16,17)9-6-8(7-4-2-1-3-5-7)20-13(21-9)24-10(11(18)22)12(19)23/h1-6,10H,(H2,18,22)(H2,19,23). The molecule has 10 heteroatoms. The molecular weight excluding hydrogens is 345 g/mol. The van der Waals surface area contributed by atoms with Gasteiger partial charge < -0.3 is 11.5 Å². The number of nitrogens with two attached hydrogens (primary N) is 2. The van der Waals surface area contributed by atoms with Crippen molar-refractivity contribution in [1.29, 1.82) is 0 Å². The summed E-state index contributed by atoms with van der Waals surface area (Å²) in [4.78, 5) is 29.7. The molecule has 0 spiro atoms. The molecule has 1 heterocycles. The summed E-state index contributed by atoms with van der Waals surface area (Å²) in [6.07, 6.45) is -4.73. The molecule has 0 saturated carbocycles. The lowest BCUT2D eigenvalue weighted by Gasteiger charge is -2.12. The van der Waals surface area contributed by atoms with Crippen LogP contribution < -0.4 is 11.5 Å². The van der Waals surface area contributed by atoms with E-state index in [1.54, 1.807) is 30.3 Å². The van der Waals surface area contributed by atoms with E-state index in [1.807, 2.05) is 0 Å². The zero-order valence-corrected chi connectivity index (χ0v) is 12.8. The number of thioether (sulfide) groups is 1. The van der Waals surface area contributed by atoms with Gasteiger partial charge in [0.15, 0.2) is 10.4 Å². The predicted octanol–water partition coefficient (Wildman–Crippen LogP) is 1.59. The van der Waals surface area contributed by atoms with Crippen LogP contribution >= 0.6 is 11.8 Å².